The summed E-state index contributed by atoms with van der Waals surface area (Å²) in [7, 11) is 3.91. The molecule has 2 heterocycles. The van der Waals surface area contributed by atoms with Crippen molar-refractivity contribution in [2.24, 2.45) is 11.3 Å². The van der Waals surface area contributed by atoms with E-state index in [1.807, 2.05) is 6.07 Å². The Balaban J connectivity index is 1.68. The van der Waals surface area contributed by atoms with Gasteiger partial charge in [0.25, 0.3) is 0 Å². The van der Waals surface area contributed by atoms with E-state index in [0.29, 0.717) is 24.2 Å². The number of likely N-dealkylation sites (N-methyl/N-ethyl adjacent to an activating group) is 1. The van der Waals surface area contributed by atoms with Crippen molar-refractivity contribution in [3.8, 4) is 11.5 Å². The quantitative estimate of drug-likeness (QED) is 0.788. The molecule has 2 bridgehead atoms. The van der Waals surface area contributed by atoms with Crippen LogP contribution < -0.4 is 9.47 Å². The summed E-state index contributed by atoms with van der Waals surface area (Å²) in [6.45, 7) is 1.07. The fourth-order valence-corrected chi connectivity index (χ4v) is 6.93. The fourth-order valence-electron chi connectivity index (χ4n) is 6.93. The van der Waals surface area contributed by atoms with E-state index in [-0.39, 0.29) is 16.9 Å². The zero-order chi connectivity index (χ0) is 14.9. The van der Waals surface area contributed by atoms with Gasteiger partial charge in [-0.05, 0) is 42.9 Å². The molecular formula is C18H19NO3. The number of ether oxygens (including phenoxy) is 2. The van der Waals surface area contributed by atoms with Crippen molar-refractivity contribution in [2.75, 3.05) is 20.7 Å². The average molecular weight is 297 g/mol. The van der Waals surface area contributed by atoms with Crippen LogP contribution in [0.5, 0.6) is 11.5 Å². The number of likely N-dealkylation sites (tertiary alicyclic amines) is 1. The summed E-state index contributed by atoms with van der Waals surface area (Å²) in [5.74, 6) is 2.55. The number of carbonyl (C=O) groups excluding carboxylic acids is 1. The highest BCUT2D eigenvalue weighted by Gasteiger charge is 2.81. The van der Waals surface area contributed by atoms with Crippen LogP contribution in [0, 0.1) is 11.3 Å². The molecule has 4 heteroatoms. The van der Waals surface area contributed by atoms with Gasteiger partial charge < -0.3 is 14.4 Å². The highest BCUT2D eigenvalue weighted by Crippen LogP contribution is 2.77. The Labute approximate surface area is 129 Å². The van der Waals surface area contributed by atoms with Crippen LogP contribution in [0.1, 0.15) is 24.0 Å². The SMILES string of the molecule is COc1ccc2c3c1OC1C(=O)CC45CN(C)[C@H](C2)C4[C@@]31C5. The topological polar surface area (TPSA) is 38.8 Å². The second-order valence-electron chi connectivity index (χ2n) is 8.02. The molecule has 7 rings (SSSR count). The minimum absolute atomic E-state index is 0.0534. The second-order valence-corrected chi connectivity index (χ2v) is 8.02. The van der Waals surface area contributed by atoms with Crippen LogP contribution in [-0.4, -0.2) is 43.5 Å². The molecule has 3 saturated carbocycles. The highest BCUT2D eigenvalue weighted by atomic mass is 16.5. The lowest BCUT2D eigenvalue weighted by Crippen LogP contribution is -2.72. The minimum Gasteiger partial charge on any atom is -0.493 e. The molecule has 0 radical (unpaired) electrons. The van der Waals surface area contributed by atoms with E-state index in [0.717, 1.165) is 30.9 Å². The first-order chi connectivity index (χ1) is 10.6. The molecule has 1 saturated heterocycles. The standard InChI is InChI=1S/C18H19NO3/c1-19-8-17-6-11(20)16-18(7-17)13-9(5-10(19)15(17)18)3-4-12(21-2)14(13)22-16/h3-4,10,15-16H,5-8H2,1-2H3/t10-,15?,16?,17?,18-/m1/s1. The molecule has 5 atom stereocenters. The summed E-state index contributed by atoms with van der Waals surface area (Å²) in [5.41, 5.74) is 2.86. The van der Waals surface area contributed by atoms with Crippen molar-refractivity contribution in [3.05, 3.63) is 23.3 Å². The number of methoxy groups -OCH3 is 1. The molecule has 6 aliphatic rings. The van der Waals surface area contributed by atoms with Gasteiger partial charge in [0.05, 0.1) is 7.11 Å². The van der Waals surface area contributed by atoms with Gasteiger partial charge in [-0.3, -0.25) is 4.79 Å². The number of carbonyl (C=O) groups is 1. The largest absolute Gasteiger partial charge is 0.493 e. The maximum absolute atomic E-state index is 12.8. The average Bonchev–Trinajstić information content (AvgIpc) is 2.95. The van der Waals surface area contributed by atoms with Gasteiger partial charge in [-0.15, -0.1) is 0 Å². The van der Waals surface area contributed by atoms with Crippen LogP contribution in [0.15, 0.2) is 12.1 Å². The molecule has 0 amide bonds. The molecule has 114 valence electrons. The van der Waals surface area contributed by atoms with Gasteiger partial charge in [-0.25, -0.2) is 0 Å². The Kier molecular flexibility index (Phi) is 1.74. The van der Waals surface area contributed by atoms with E-state index < -0.39 is 0 Å². The molecule has 1 aromatic carbocycles. The number of fused-ring (bicyclic) bond motifs is 1. The van der Waals surface area contributed by atoms with Crippen molar-refractivity contribution in [1.29, 1.82) is 0 Å². The molecule has 0 aromatic heterocycles. The van der Waals surface area contributed by atoms with E-state index in [2.05, 4.69) is 18.0 Å². The summed E-state index contributed by atoms with van der Waals surface area (Å²) >= 11 is 0. The molecule has 22 heavy (non-hydrogen) atoms. The maximum atomic E-state index is 12.8. The summed E-state index contributed by atoms with van der Waals surface area (Å²) < 4.78 is 11.8. The maximum Gasteiger partial charge on any atom is 0.174 e. The van der Waals surface area contributed by atoms with Crippen molar-refractivity contribution in [1.82, 2.24) is 4.90 Å². The minimum atomic E-state index is -0.265. The zero-order valence-electron chi connectivity index (χ0n) is 12.9. The molecule has 2 aliphatic heterocycles. The van der Waals surface area contributed by atoms with Crippen LogP contribution in [0.2, 0.25) is 0 Å². The first kappa shape index (κ1) is 11.9. The number of benzene rings is 1. The molecule has 4 nitrogen and oxygen atoms in total. The number of Topliss-reactive ketones (excluding diaryl/α,β-unsaturated/α-hetero) is 1. The third-order valence-corrected chi connectivity index (χ3v) is 7.22. The Bertz CT molecular complexity index is 759. The Morgan fingerprint density at radius 3 is 3.09 bits per heavy atom. The van der Waals surface area contributed by atoms with Gasteiger partial charge in [-0.2, -0.15) is 0 Å². The van der Waals surface area contributed by atoms with Crippen LogP contribution >= 0.6 is 0 Å². The second kappa shape index (κ2) is 3.21. The molecule has 2 spiro atoms. The lowest BCUT2D eigenvalue weighted by Gasteiger charge is -2.66. The van der Waals surface area contributed by atoms with Crippen LogP contribution in [-0.2, 0) is 16.6 Å². The van der Waals surface area contributed by atoms with Gasteiger partial charge in [0.2, 0.25) is 0 Å². The number of hydrogen-bond donors (Lipinski definition) is 0. The predicted molar refractivity (Wildman–Crippen MR) is 79.4 cm³/mol. The third-order valence-electron chi connectivity index (χ3n) is 7.22. The Hall–Kier alpha value is -1.55. The van der Waals surface area contributed by atoms with Gasteiger partial charge >= 0.3 is 0 Å². The van der Waals surface area contributed by atoms with E-state index in [1.165, 1.54) is 11.1 Å². The predicted octanol–water partition coefficient (Wildman–Crippen LogP) is 1.54. The molecule has 1 aromatic rings. The highest BCUT2D eigenvalue weighted by molar-refractivity contribution is 5.92. The van der Waals surface area contributed by atoms with E-state index >= 15 is 0 Å². The van der Waals surface area contributed by atoms with Gasteiger partial charge in [-0.1, -0.05) is 6.07 Å². The first-order valence-electron chi connectivity index (χ1n) is 8.21. The molecule has 4 aliphatic carbocycles. The summed E-state index contributed by atoms with van der Waals surface area (Å²) in [6, 6.07) is 4.77. The first-order valence-corrected chi connectivity index (χ1v) is 8.21. The number of ketones is 1. The zero-order valence-corrected chi connectivity index (χ0v) is 12.9. The number of hydrogen-bond acceptors (Lipinski definition) is 4. The van der Waals surface area contributed by atoms with Crippen molar-refractivity contribution in [2.45, 2.75) is 36.8 Å². The lowest BCUT2D eigenvalue weighted by molar-refractivity contribution is -0.168. The fraction of sp³-hybridized carbons (Fsp3) is 0.611. The third kappa shape index (κ3) is 0.937. The van der Waals surface area contributed by atoms with Gasteiger partial charge in [0.1, 0.15) is 0 Å². The summed E-state index contributed by atoms with van der Waals surface area (Å²) in [6.07, 6.45) is 2.64. The van der Waals surface area contributed by atoms with Crippen molar-refractivity contribution >= 4 is 5.78 Å². The van der Waals surface area contributed by atoms with Crippen LogP contribution in [0.25, 0.3) is 0 Å². The summed E-state index contributed by atoms with van der Waals surface area (Å²) in [5, 5.41) is 0. The van der Waals surface area contributed by atoms with Crippen LogP contribution in [0.4, 0.5) is 0 Å². The van der Waals surface area contributed by atoms with Crippen molar-refractivity contribution in [3.63, 3.8) is 0 Å². The van der Waals surface area contributed by atoms with Gasteiger partial charge in [0.15, 0.2) is 23.4 Å². The molecule has 0 N–H and O–H groups in total. The summed E-state index contributed by atoms with van der Waals surface area (Å²) in [4.78, 5) is 15.3. The van der Waals surface area contributed by atoms with E-state index in [9.17, 15) is 4.79 Å². The Morgan fingerprint density at radius 1 is 1.41 bits per heavy atom. The number of nitrogens with zero attached hydrogens (tertiary/aromatic N) is 1. The van der Waals surface area contributed by atoms with E-state index in [4.69, 9.17) is 9.47 Å². The van der Waals surface area contributed by atoms with Crippen molar-refractivity contribution < 1.29 is 14.3 Å². The monoisotopic (exact) mass is 297 g/mol. The van der Waals surface area contributed by atoms with Crippen LogP contribution in [0.3, 0.4) is 0 Å². The smallest absolute Gasteiger partial charge is 0.174 e. The normalized spacial score (nSPS) is 46.1. The molecule has 3 unspecified atom stereocenters. The molecule has 4 fully saturated rings. The van der Waals surface area contributed by atoms with E-state index in [1.54, 1.807) is 7.11 Å². The lowest BCUT2D eigenvalue weighted by atomic mass is 9.35. The Morgan fingerprint density at radius 2 is 2.27 bits per heavy atom. The van der Waals surface area contributed by atoms with Gasteiger partial charge in [0, 0.05) is 30.0 Å². The number of rotatable bonds is 1. The molecular weight excluding hydrogens is 278 g/mol.